The standard InChI is InChI=1S/C7H9NS.C4H9N/c8-7-3-1-6(5-9)2-4-7;1-2-4-5-3-1/h1-4,9H,5,8H2;5H,1-4H2. The predicted molar refractivity (Wildman–Crippen MR) is 65.6 cm³/mol. The van der Waals surface area contributed by atoms with Gasteiger partial charge in [0.2, 0.25) is 0 Å². The summed E-state index contributed by atoms with van der Waals surface area (Å²) in [7, 11) is 0. The van der Waals surface area contributed by atoms with Crippen LogP contribution >= 0.6 is 12.6 Å². The zero-order valence-corrected chi connectivity index (χ0v) is 9.26. The molecule has 1 aliphatic heterocycles. The van der Waals surface area contributed by atoms with Crippen LogP contribution in [0.25, 0.3) is 0 Å². The number of hydrogen-bond acceptors (Lipinski definition) is 3. The van der Waals surface area contributed by atoms with Crippen LogP contribution in [0.5, 0.6) is 0 Å². The highest BCUT2D eigenvalue weighted by molar-refractivity contribution is 7.79. The summed E-state index contributed by atoms with van der Waals surface area (Å²) < 4.78 is 0. The van der Waals surface area contributed by atoms with Crippen molar-refractivity contribution >= 4 is 18.3 Å². The average molecular weight is 210 g/mol. The molecule has 2 rings (SSSR count). The van der Waals surface area contributed by atoms with E-state index in [-0.39, 0.29) is 0 Å². The second kappa shape index (κ2) is 6.74. The van der Waals surface area contributed by atoms with Gasteiger partial charge in [0.15, 0.2) is 0 Å². The first-order chi connectivity index (χ1) is 6.83. The molecular weight excluding hydrogens is 192 g/mol. The fourth-order valence-corrected chi connectivity index (χ4v) is 1.46. The second-order valence-corrected chi connectivity index (χ2v) is 3.67. The molecule has 0 spiro atoms. The minimum atomic E-state index is 0.778. The van der Waals surface area contributed by atoms with Crippen LogP contribution in [0, 0.1) is 0 Å². The summed E-state index contributed by atoms with van der Waals surface area (Å²) in [6, 6.07) is 7.71. The first-order valence-corrected chi connectivity index (χ1v) is 5.62. The van der Waals surface area contributed by atoms with E-state index in [1.165, 1.54) is 31.5 Å². The van der Waals surface area contributed by atoms with Gasteiger partial charge in [0, 0.05) is 11.4 Å². The third kappa shape index (κ3) is 4.53. The van der Waals surface area contributed by atoms with Gasteiger partial charge < -0.3 is 11.1 Å². The lowest BCUT2D eigenvalue weighted by Crippen LogP contribution is -2.03. The van der Waals surface area contributed by atoms with Gasteiger partial charge in [-0.1, -0.05) is 12.1 Å². The highest BCUT2D eigenvalue weighted by Gasteiger charge is 1.93. The average Bonchev–Trinajstić information content (AvgIpc) is 2.77. The first-order valence-electron chi connectivity index (χ1n) is 4.99. The van der Waals surface area contributed by atoms with Gasteiger partial charge in [-0.25, -0.2) is 0 Å². The van der Waals surface area contributed by atoms with Crippen molar-refractivity contribution in [2.45, 2.75) is 18.6 Å². The Morgan fingerprint density at radius 1 is 1.14 bits per heavy atom. The van der Waals surface area contributed by atoms with Gasteiger partial charge in [0.1, 0.15) is 0 Å². The Hall–Kier alpha value is -0.670. The van der Waals surface area contributed by atoms with Crippen molar-refractivity contribution in [3.05, 3.63) is 29.8 Å². The van der Waals surface area contributed by atoms with Gasteiger partial charge >= 0.3 is 0 Å². The van der Waals surface area contributed by atoms with E-state index in [2.05, 4.69) is 17.9 Å². The van der Waals surface area contributed by atoms with Crippen molar-refractivity contribution < 1.29 is 0 Å². The highest BCUT2D eigenvalue weighted by atomic mass is 32.1. The van der Waals surface area contributed by atoms with E-state index in [4.69, 9.17) is 5.73 Å². The van der Waals surface area contributed by atoms with Crippen LogP contribution in [0.15, 0.2) is 24.3 Å². The number of anilines is 1. The third-order valence-electron chi connectivity index (χ3n) is 2.12. The molecule has 0 aliphatic carbocycles. The number of hydrogen-bond donors (Lipinski definition) is 3. The van der Waals surface area contributed by atoms with Crippen molar-refractivity contribution in [3.63, 3.8) is 0 Å². The van der Waals surface area contributed by atoms with Gasteiger partial charge in [0.05, 0.1) is 0 Å². The van der Waals surface area contributed by atoms with Gasteiger partial charge in [-0.15, -0.1) is 0 Å². The summed E-state index contributed by atoms with van der Waals surface area (Å²) in [6.45, 7) is 2.50. The van der Waals surface area contributed by atoms with Crippen LogP contribution < -0.4 is 11.1 Å². The van der Waals surface area contributed by atoms with Gasteiger partial charge in [-0.05, 0) is 43.6 Å². The molecule has 1 aromatic carbocycles. The maximum absolute atomic E-state index is 5.46. The summed E-state index contributed by atoms with van der Waals surface area (Å²) in [5, 5.41) is 3.22. The lowest BCUT2D eigenvalue weighted by molar-refractivity contribution is 0.857. The lowest BCUT2D eigenvalue weighted by Gasteiger charge is -1.94. The van der Waals surface area contributed by atoms with E-state index >= 15 is 0 Å². The number of benzene rings is 1. The third-order valence-corrected chi connectivity index (χ3v) is 2.48. The Morgan fingerprint density at radius 2 is 1.71 bits per heavy atom. The van der Waals surface area contributed by atoms with E-state index < -0.39 is 0 Å². The molecule has 1 fully saturated rings. The van der Waals surface area contributed by atoms with Gasteiger partial charge in [-0.3, -0.25) is 0 Å². The minimum absolute atomic E-state index is 0.778. The molecule has 0 aromatic heterocycles. The molecule has 3 heteroatoms. The molecule has 0 bridgehead atoms. The number of rotatable bonds is 1. The molecule has 0 atom stereocenters. The first kappa shape index (κ1) is 11.4. The van der Waals surface area contributed by atoms with Crippen molar-refractivity contribution in [2.24, 2.45) is 0 Å². The Balaban J connectivity index is 0.000000165. The molecule has 14 heavy (non-hydrogen) atoms. The van der Waals surface area contributed by atoms with Crippen LogP contribution in [-0.4, -0.2) is 13.1 Å². The summed E-state index contributed by atoms with van der Waals surface area (Å²) in [6.07, 6.45) is 2.78. The summed E-state index contributed by atoms with van der Waals surface area (Å²) >= 11 is 4.10. The van der Waals surface area contributed by atoms with Gasteiger partial charge in [-0.2, -0.15) is 12.6 Å². The van der Waals surface area contributed by atoms with E-state index in [1.807, 2.05) is 24.3 Å². The van der Waals surface area contributed by atoms with Crippen LogP contribution in [0.2, 0.25) is 0 Å². The molecule has 3 N–H and O–H groups in total. The molecule has 2 nitrogen and oxygen atoms in total. The second-order valence-electron chi connectivity index (χ2n) is 3.36. The zero-order chi connectivity index (χ0) is 10.2. The van der Waals surface area contributed by atoms with Crippen molar-refractivity contribution in [1.82, 2.24) is 5.32 Å². The molecule has 1 aromatic rings. The summed E-state index contributed by atoms with van der Waals surface area (Å²) in [5.41, 5.74) is 7.46. The number of thiol groups is 1. The Bertz CT molecular complexity index is 234. The van der Waals surface area contributed by atoms with E-state index in [0.717, 1.165) is 11.4 Å². The number of nitrogen functional groups attached to an aromatic ring is 1. The topological polar surface area (TPSA) is 38.0 Å². The van der Waals surface area contributed by atoms with E-state index in [9.17, 15) is 0 Å². The Kier molecular flexibility index (Phi) is 5.49. The fraction of sp³-hybridized carbons (Fsp3) is 0.455. The van der Waals surface area contributed by atoms with Crippen molar-refractivity contribution in [1.29, 1.82) is 0 Å². The molecule has 0 unspecified atom stereocenters. The molecule has 0 saturated carbocycles. The predicted octanol–water partition coefficient (Wildman–Crippen LogP) is 2.07. The Labute approximate surface area is 91.3 Å². The molecule has 1 aliphatic rings. The van der Waals surface area contributed by atoms with Crippen LogP contribution in [0.3, 0.4) is 0 Å². The quantitative estimate of drug-likeness (QED) is 0.490. The summed E-state index contributed by atoms with van der Waals surface area (Å²) in [4.78, 5) is 0. The van der Waals surface area contributed by atoms with E-state index in [0.29, 0.717) is 0 Å². The molecule has 0 amide bonds. The lowest BCUT2D eigenvalue weighted by atomic mass is 10.2. The van der Waals surface area contributed by atoms with Crippen LogP contribution in [0.4, 0.5) is 5.69 Å². The smallest absolute Gasteiger partial charge is 0.0314 e. The molecule has 1 heterocycles. The van der Waals surface area contributed by atoms with Crippen molar-refractivity contribution in [3.8, 4) is 0 Å². The normalized spacial score (nSPS) is 14.6. The monoisotopic (exact) mass is 210 g/mol. The number of nitrogens with two attached hydrogens (primary N) is 1. The Morgan fingerprint density at radius 3 is 2.07 bits per heavy atom. The number of nitrogens with one attached hydrogen (secondary N) is 1. The van der Waals surface area contributed by atoms with Crippen molar-refractivity contribution in [2.75, 3.05) is 18.8 Å². The van der Waals surface area contributed by atoms with E-state index in [1.54, 1.807) is 0 Å². The summed E-state index contributed by atoms with van der Waals surface area (Å²) in [5.74, 6) is 0.778. The molecule has 1 saturated heterocycles. The van der Waals surface area contributed by atoms with Crippen LogP contribution in [0.1, 0.15) is 18.4 Å². The fourth-order valence-electron chi connectivity index (χ4n) is 1.25. The largest absolute Gasteiger partial charge is 0.399 e. The molecule has 78 valence electrons. The maximum Gasteiger partial charge on any atom is 0.0314 e. The highest BCUT2D eigenvalue weighted by Crippen LogP contribution is 2.06. The maximum atomic E-state index is 5.46. The van der Waals surface area contributed by atoms with Crippen LogP contribution in [-0.2, 0) is 5.75 Å². The molecular formula is C11H18N2S. The van der Waals surface area contributed by atoms with Gasteiger partial charge in [0.25, 0.3) is 0 Å². The minimum Gasteiger partial charge on any atom is -0.399 e. The SMILES string of the molecule is C1CCNC1.Nc1ccc(CS)cc1. The molecule has 0 radical (unpaired) electrons. The zero-order valence-electron chi connectivity index (χ0n) is 8.37.